The Morgan fingerprint density at radius 2 is 2.18 bits per heavy atom. The molecule has 1 aromatic carbocycles. The SMILES string of the molecule is Cn1c(-c2[nH]ncc2N)cc2cc(O)ccc21. The second kappa shape index (κ2) is 3.28. The molecule has 0 fully saturated rings. The molecule has 0 aliphatic rings. The molecule has 5 nitrogen and oxygen atoms in total. The topological polar surface area (TPSA) is 79.9 Å². The smallest absolute Gasteiger partial charge is 0.116 e. The van der Waals surface area contributed by atoms with Gasteiger partial charge >= 0.3 is 0 Å². The summed E-state index contributed by atoms with van der Waals surface area (Å²) in [6.45, 7) is 0. The third-order valence-electron chi connectivity index (χ3n) is 2.95. The maximum atomic E-state index is 9.46. The Bertz CT molecular complexity index is 696. The molecule has 0 bridgehead atoms. The van der Waals surface area contributed by atoms with E-state index in [0.29, 0.717) is 5.69 Å². The number of aromatic nitrogens is 3. The van der Waals surface area contributed by atoms with Gasteiger partial charge in [-0.3, -0.25) is 5.10 Å². The average Bonchev–Trinajstić information content (AvgIpc) is 2.83. The Morgan fingerprint density at radius 3 is 2.88 bits per heavy atom. The van der Waals surface area contributed by atoms with E-state index in [9.17, 15) is 5.11 Å². The van der Waals surface area contributed by atoms with Crippen molar-refractivity contribution in [3.05, 3.63) is 30.5 Å². The molecule has 0 spiro atoms. The fraction of sp³-hybridized carbons (Fsp3) is 0.0833. The van der Waals surface area contributed by atoms with Gasteiger partial charge in [0, 0.05) is 18.0 Å². The Kier molecular flexibility index (Phi) is 1.89. The summed E-state index contributed by atoms with van der Waals surface area (Å²) in [5, 5.41) is 17.2. The lowest BCUT2D eigenvalue weighted by Crippen LogP contribution is -1.94. The predicted octanol–water partition coefficient (Wildman–Crippen LogP) is 1.86. The summed E-state index contributed by atoms with van der Waals surface area (Å²) >= 11 is 0. The lowest BCUT2D eigenvalue weighted by Gasteiger charge is -2.02. The average molecular weight is 228 g/mol. The van der Waals surface area contributed by atoms with Crippen molar-refractivity contribution in [3.8, 4) is 17.1 Å². The number of anilines is 1. The molecule has 0 atom stereocenters. The van der Waals surface area contributed by atoms with Crippen LogP contribution in [0.15, 0.2) is 30.5 Å². The molecule has 0 aliphatic heterocycles. The van der Waals surface area contributed by atoms with Crippen LogP contribution in [0.4, 0.5) is 5.69 Å². The highest BCUT2D eigenvalue weighted by Gasteiger charge is 2.12. The lowest BCUT2D eigenvalue weighted by atomic mass is 10.2. The van der Waals surface area contributed by atoms with Crippen molar-refractivity contribution in [2.24, 2.45) is 7.05 Å². The van der Waals surface area contributed by atoms with Gasteiger partial charge in [0.25, 0.3) is 0 Å². The van der Waals surface area contributed by atoms with Crippen LogP contribution in [0.25, 0.3) is 22.3 Å². The number of fused-ring (bicyclic) bond motifs is 1. The van der Waals surface area contributed by atoms with Gasteiger partial charge in [0.2, 0.25) is 0 Å². The number of nitrogen functional groups attached to an aromatic ring is 1. The Morgan fingerprint density at radius 1 is 1.35 bits per heavy atom. The van der Waals surface area contributed by atoms with E-state index in [1.54, 1.807) is 18.3 Å². The number of benzene rings is 1. The van der Waals surface area contributed by atoms with Crippen molar-refractivity contribution in [1.29, 1.82) is 0 Å². The van der Waals surface area contributed by atoms with Crippen LogP contribution >= 0.6 is 0 Å². The second-order valence-corrected chi connectivity index (χ2v) is 4.03. The monoisotopic (exact) mass is 228 g/mol. The quantitative estimate of drug-likeness (QED) is 0.594. The van der Waals surface area contributed by atoms with Gasteiger partial charge in [0.1, 0.15) is 11.4 Å². The summed E-state index contributed by atoms with van der Waals surface area (Å²) in [7, 11) is 1.95. The van der Waals surface area contributed by atoms with Gasteiger partial charge in [0.15, 0.2) is 0 Å². The molecule has 0 radical (unpaired) electrons. The molecule has 3 aromatic rings. The molecule has 0 unspecified atom stereocenters. The first-order valence-corrected chi connectivity index (χ1v) is 5.24. The molecular weight excluding hydrogens is 216 g/mol. The van der Waals surface area contributed by atoms with Crippen molar-refractivity contribution >= 4 is 16.6 Å². The molecule has 4 N–H and O–H groups in total. The summed E-state index contributed by atoms with van der Waals surface area (Å²) in [5.41, 5.74) is 9.22. The molecule has 86 valence electrons. The normalized spacial score (nSPS) is 11.1. The van der Waals surface area contributed by atoms with Crippen molar-refractivity contribution in [2.75, 3.05) is 5.73 Å². The first-order valence-electron chi connectivity index (χ1n) is 5.24. The highest BCUT2D eigenvalue weighted by molar-refractivity contribution is 5.89. The van der Waals surface area contributed by atoms with Crippen molar-refractivity contribution < 1.29 is 5.11 Å². The molecule has 0 saturated carbocycles. The number of aromatic amines is 1. The van der Waals surface area contributed by atoms with Gasteiger partial charge in [-0.15, -0.1) is 0 Å². The van der Waals surface area contributed by atoms with E-state index >= 15 is 0 Å². The number of phenolic OH excluding ortho intramolecular Hbond substituents is 1. The minimum Gasteiger partial charge on any atom is -0.508 e. The number of nitrogens with one attached hydrogen (secondary N) is 1. The number of phenols is 1. The van der Waals surface area contributed by atoms with Crippen LogP contribution in [0.2, 0.25) is 0 Å². The van der Waals surface area contributed by atoms with Gasteiger partial charge in [-0.05, 0) is 24.3 Å². The standard InChI is InChI=1S/C12H12N4O/c1-16-10-3-2-8(17)4-7(10)5-11(16)12-9(13)6-14-15-12/h2-6,17H,13H2,1H3,(H,14,15). The van der Waals surface area contributed by atoms with E-state index in [1.807, 2.05) is 23.7 Å². The highest BCUT2D eigenvalue weighted by atomic mass is 16.3. The minimum absolute atomic E-state index is 0.257. The van der Waals surface area contributed by atoms with Gasteiger partial charge in [-0.1, -0.05) is 0 Å². The van der Waals surface area contributed by atoms with Crippen LogP contribution in [0.3, 0.4) is 0 Å². The minimum atomic E-state index is 0.257. The van der Waals surface area contributed by atoms with Crippen molar-refractivity contribution in [3.63, 3.8) is 0 Å². The van der Waals surface area contributed by atoms with E-state index in [1.165, 1.54) is 0 Å². The van der Waals surface area contributed by atoms with E-state index in [-0.39, 0.29) is 5.75 Å². The molecule has 0 amide bonds. The lowest BCUT2D eigenvalue weighted by molar-refractivity contribution is 0.476. The summed E-state index contributed by atoms with van der Waals surface area (Å²) in [5.74, 6) is 0.257. The summed E-state index contributed by atoms with van der Waals surface area (Å²) < 4.78 is 2.01. The van der Waals surface area contributed by atoms with E-state index in [4.69, 9.17) is 5.73 Å². The molecule has 3 rings (SSSR count). The summed E-state index contributed by atoms with van der Waals surface area (Å²) in [4.78, 5) is 0. The van der Waals surface area contributed by atoms with E-state index in [0.717, 1.165) is 22.3 Å². The van der Waals surface area contributed by atoms with Crippen molar-refractivity contribution in [1.82, 2.24) is 14.8 Å². The molecule has 0 saturated heterocycles. The van der Waals surface area contributed by atoms with Crippen molar-refractivity contribution in [2.45, 2.75) is 0 Å². The summed E-state index contributed by atoms with van der Waals surface area (Å²) in [6.07, 6.45) is 1.59. The number of H-pyrrole nitrogens is 1. The first kappa shape index (κ1) is 9.77. The molecule has 2 heterocycles. The maximum Gasteiger partial charge on any atom is 0.116 e. The number of rotatable bonds is 1. The predicted molar refractivity (Wildman–Crippen MR) is 66.6 cm³/mol. The van der Waals surface area contributed by atoms with Crippen LogP contribution in [-0.2, 0) is 7.05 Å². The van der Waals surface area contributed by atoms with Crippen LogP contribution in [0, 0.1) is 0 Å². The molecule has 2 aromatic heterocycles. The maximum absolute atomic E-state index is 9.46. The molecule has 5 heteroatoms. The summed E-state index contributed by atoms with van der Waals surface area (Å²) in [6, 6.07) is 7.24. The zero-order valence-corrected chi connectivity index (χ0v) is 9.31. The van der Waals surface area contributed by atoms with Crippen LogP contribution in [-0.4, -0.2) is 19.9 Å². The Hall–Kier alpha value is -2.43. The van der Waals surface area contributed by atoms with E-state index < -0.39 is 0 Å². The largest absolute Gasteiger partial charge is 0.508 e. The number of hydrogen-bond acceptors (Lipinski definition) is 3. The molecule has 0 aliphatic carbocycles. The number of aromatic hydroxyl groups is 1. The number of nitrogens with two attached hydrogens (primary N) is 1. The van der Waals surface area contributed by atoms with Crippen LogP contribution < -0.4 is 5.73 Å². The highest BCUT2D eigenvalue weighted by Crippen LogP contribution is 2.30. The third-order valence-corrected chi connectivity index (χ3v) is 2.95. The van der Waals surface area contributed by atoms with Gasteiger partial charge in [-0.25, -0.2) is 0 Å². The van der Waals surface area contributed by atoms with Gasteiger partial charge in [-0.2, -0.15) is 5.10 Å². The Balaban J connectivity index is 2.31. The zero-order chi connectivity index (χ0) is 12.0. The fourth-order valence-electron chi connectivity index (χ4n) is 2.08. The van der Waals surface area contributed by atoms with Crippen LogP contribution in [0.5, 0.6) is 5.75 Å². The first-order chi connectivity index (χ1) is 8.16. The molecule has 17 heavy (non-hydrogen) atoms. The zero-order valence-electron chi connectivity index (χ0n) is 9.31. The number of nitrogens with zero attached hydrogens (tertiary/aromatic N) is 2. The second-order valence-electron chi connectivity index (χ2n) is 4.03. The number of hydrogen-bond donors (Lipinski definition) is 3. The van der Waals surface area contributed by atoms with Gasteiger partial charge < -0.3 is 15.4 Å². The fourth-order valence-corrected chi connectivity index (χ4v) is 2.08. The third kappa shape index (κ3) is 1.36. The van der Waals surface area contributed by atoms with E-state index in [2.05, 4.69) is 10.2 Å². The van der Waals surface area contributed by atoms with Crippen LogP contribution in [0.1, 0.15) is 0 Å². The van der Waals surface area contributed by atoms with Gasteiger partial charge in [0.05, 0.1) is 17.6 Å². The Labute approximate surface area is 97.5 Å². The number of aryl methyl sites for hydroxylation is 1. The molecular formula is C12H12N4O.